The molecule has 256 valence electrons. The zero-order valence-corrected chi connectivity index (χ0v) is 27.3. The van der Waals surface area contributed by atoms with E-state index in [0.717, 1.165) is 5.56 Å². The largest absolute Gasteiger partial charge is 0.508 e. The average molecular weight is 661 g/mol. The summed E-state index contributed by atoms with van der Waals surface area (Å²) in [6, 6.07) is 21.3. The maximum Gasteiger partial charge on any atom is 0.242 e. The van der Waals surface area contributed by atoms with Crippen LogP contribution in [0.5, 0.6) is 11.5 Å². The highest BCUT2D eigenvalue weighted by Gasteiger charge is 2.28. The van der Waals surface area contributed by atoms with Crippen molar-refractivity contribution in [1.29, 1.82) is 0 Å². The topological polar surface area (TPSA) is 191 Å². The van der Waals surface area contributed by atoms with Crippen molar-refractivity contribution in [3.05, 3.63) is 95.6 Å². The number of nitrogens with two attached hydrogens (primary N) is 2. The van der Waals surface area contributed by atoms with Crippen LogP contribution in [0.1, 0.15) is 30.5 Å². The van der Waals surface area contributed by atoms with Crippen molar-refractivity contribution in [2.24, 2.45) is 17.4 Å². The van der Waals surface area contributed by atoms with Crippen LogP contribution < -0.4 is 11.5 Å². The Morgan fingerprint density at radius 1 is 0.562 bits per heavy atom. The molecule has 0 aromatic heterocycles. The molecule has 0 atom stereocenters. The Balaban J connectivity index is 1.92. The normalized spacial score (nSPS) is 10.8. The smallest absolute Gasteiger partial charge is 0.242 e. The van der Waals surface area contributed by atoms with Gasteiger partial charge in [-0.05, 0) is 46.9 Å². The SMILES string of the molecule is CC(C)CN(CC(=O)N(CC(=O)N(CC(=O)N(CC(N)=O)Cc1ccccc1)Cc1ccc(O)cc1)Cc1ccc(O)cc1)C(=O)CN. The third kappa shape index (κ3) is 12.1. The lowest BCUT2D eigenvalue weighted by molar-refractivity contribution is -0.147. The number of benzene rings is 3. The van der Waals surface area contributed by atoms with Crippen molar-refractivity contribution in [2.45, 2.75) is 33.5 Å². The lowest BCUT2D eigenvalue weighted by Gasteiger charge is -2.31. The molecule has 0 unspecified atom stereocenters. The summed E-state index contributed by atoms with van der Waals surface area (Å²) in [5, 5.41) is 19.5. The molecule has 0 heterocycles. The van der Waals surface area contributed by atoms with E-state index in [1.807, 2.05) is 19.9 Å². The first-order chi connectivity index (χ1) is 22.8. The van der Waals surface area contributed by atoms with Gasteiger partial charge in [0.1, 0.15) is 24.6 Å². The van der Waals surface area contributed by atoms with Crippen molar-refractivity contribution in [3.63, 3.8) is 0 Å². The van der Waals surface area contributed by atoms with E-state index in [1.54, 1.807) is 48.5 Å². The molecule has 3 aromatic rings. The highest BCUT2D eigenvalue weighted by Crippen LogP contribution is 2.16. The van der Waals surface area contributed by atoms with Gasteiger partial charge in [0.15, 0.2) is 0 Å². The van der Waals surface area contributed by atoms with E-state index in [-0.39, 0.29) is 63.2 Å². The Kier molecular flexibility index (Phi) is 13.9. The van der Waals surface area contributed by atoms with Crippen LogP contribution in [0.25, 0.3) is 0 Å². The van der Waals surface area contributed by atoms with E-state index in [1.165, 1.54) is 43.9 Å². The third-order valence-corrected chi connectivity index (χ3v) is 7.33. The summed E-state index contributed by atoms with van der Waals surface area (Å²) in [6.45, 7) is 2.21. The Bertz CT molecular complexity index is 1530. The maximum atomic E-state index is 14.0. The van der Waals surface area contributed by atoms with Crippen LogP contribution in [0.4, 0.5) is 0 Å². The quantitative estimate of drug-likeness (QED) is 0.167. The van der Waals surface area contributed by atoms with Crippen LogP contribution in [0, 0.1) is 5.92 Å². The molecule has 0 saturated carbocycles. The molecule has 48 heavy (non-hydrogen) atoms. The predicted octanol–water partition coefficient (Wildman–Crippen LogP) is 1.41. The van der Waals surface area contributed by atoms with E-state index < -0.39 is 42.6 Å². The van der Waals surface area contributed by atoms with Crippen LogP contribution in [0.3, 0.4) is 0 Å². The Morgan fingerprint density at radius 2 is 0.938 bits per heavy atom. The lowest BCUT2D eigenvalue weighted by Crippen LogP contribution is -2.50. The van der Waals surface area contributed by atoms with Crippen LogP contribution in [-0.2, 0) is 43.6 Å². The fourth-order valence-corrected chi connectivity index (χ4v) is 4.95. The number of hydrogen-bond acceptors (Lipinski definition) is 8. The molecule has 0 fully saturated rings. The minimum Gasteiger partial charge on any atom is -0.508 e. The van der Waals surface area contributed by atoms with Crippen LogP contribution in [0.2, 0.25) is 0 Å². The zero-order valence-electron chi connectivity index (χ0n) is 27.3. The molecule has 0 radical (unpaired) electrons. The lowest BCUT2D eigenvalue weighted by atomic mass is 10.1. The fraction of sp³-hybridized carbons (Fsp3) is 0.343. The van der Waals surface area contributed by atoms with Crippen LogP contribution in [0.15, 0.2) is 78.9 Å². The molecular weight excluding hydrogens is 616 g/mol. The van der Waals surface area contributed by atoms with Crippen molar-refractivity contribution in [2.75, 3.05) is 39.3 Å². The van der Waals surface area contributed by atoms with Gasteiger partial charge < -0.3 is 41.3 Å². The number of amides is 5. The van der Waals surface area contributed by atoms with E-state index in [0.29, 0.717) is 11.1 Å². The van der Waals surface area contributed by atoms with Crippen LogP contribution in [-0.4, -0.2) is 98.6 Å². The summed E-state index contributed by atoms with van der Waals surface area (Å²) in [4.78, 5) is 71.1. The summed E-state index contributed by atoms with van der Waals surface area (Å²) in [6.07, 6.45) is 0. The highest BCUT2D eigenvalue weighted by molar-refractivity contribution is 5.91. The average Bonchev–Trinajstić information content (AvgIpc) is 3.05. The molecule has 13 heteroatoms. The number of nitrogens with zero attached hydrogens (tertiary/aromatic N) is 4. The number of carbonyl (C=O) groups excluding carboxylic acids is 5. The Labute approximate surface area is 280 Å². The third-order valence-electron chi connectivity index (χ3n) is 7.33. The van der Waals surface area contributed by atoms with Crippen molar-refractivity contribution >= 4 is 29.5 Å². The summed E-state index contributed by atoms with van der Waals surface area (Å²) in [5.74, 6) is -2.69. The van der Waals surface area contributed by atoms with Gasteiger partial charge in [-0.1, -0.05) is 68.4 Å². The number of phenolic OH excluding ortho intramolecular Hbond substituents is 2. The molecule has 0 saturated heterocycles. The standard InChI is InChI=1S/C35H44N6O7/c1-25(2)17-38(32(45)16-36)22-34(47)41(20-28-10-14-30(43)15-11-28)24-35(48)40(19-27-8-12-29(42)13-9-27)23-33(46)39(21-31(37)44)18-26-6-4-3-5-7-26/h3-15,25,42-43H,16-24,36H2,1-2H3,(H2,37,44). The van der Waals surface area contributed by atoms with Gasteiger partial charge in [0, 0.05) is 26.2 Å². The first kappa shape index (κ1) is 37.0. The predicted molar refractivity (Wildman–Crippen MR) is 179 cm³/mol. The number of rotatable bonds is 17. The second-order valence-electron chi connectivity index (χ2n) is 11.9. The van der Waals surface area contributed by atoms with Gasteiger partial charge >= 0.3 is 0 Å². The summed E-state index contributed by atoms with van der Waals surface area (Å²) in [7, 11) is 0. The van der Waals surface area contributed by atoms with E-state index >= 15 is 0 Å². The molecule has 0 bridgehead atoms. The fourth-order valence-electron chi connectivity index (χ4n) is 4.95. The number of primary amides is 1. The maximum absolute atomic E-state index is 14.0. The number of carbonyl (C=O) groups is 5. The minimum absolute atomic E-state index is 0.0202. The second-order valence-corrected chi connectivity index (χ2v) is 11.9. The summed E-state index contributed by atoms with van der Waals surface area (Å²) >= 11 is 0. The Hall–Kier alpha value is -5.43. The minimum atomic E-state index is -0.723. The highest BCUT2D eigenvalue weighted by atomic mass is 16.3. The first-order valence-electron chi connectivity index (χ1n) is 15.5. The molecule has 3 aromatic carbocycles. The molecule has 13 nitrogen and oxygen atoms in total. The molecule has 0 spiro atoms. The molecule has 0 aliphatic rings. The van der Waals surface area contributed by atoms with Gasteiger partial charge in [-0.15, -0.1) is 0 Å². The van der Waals surface area contributed by atoms with Crippen molar-refractivity contribution < 1.29 is 34.2 Å². The van der Waals surface area contributed by atoms with Gasteiger partial charge in [-0.25, -0.2) is 0 Å². The second kappa shape index (κ2) is 18.0. The van der Waals surface area contributed by atoms with Gasteiger partial charge in [-0.3, -0.25) is 24.0 Å². The van der Waals surface area contributed by atoms with Crippen molar-refractivity contribution in [1.82, 2.24) is 19.6 Å². The van der Waals surface area contributed by atoms with E-state index in [9.17, 15) is 34.2 Å². The van der Waals surface area contributed by atoms with Crippen molar-refractivity contribution in [3.8, 4) is 11.5 Å². The van der Waals surface area contributed by atoms with Gasteiger partial charge in [-0.2, -0.15) is 0 Å². The molecule has 3 rings (SSSR count). The number of aromatic hydroxyl groups is 2. The monoisotopic (exact) mass is 660 g/mol. The van der Waals surface area contributed by atoms with Crippen LogP contribution >= 0.6 is 0 Å². The molecular formula is C35H44N6O7. The summed E-state index contributed by atoms with van der Waals surface area (Å²) < 4.78 is 0. The van der Waals surface area contributed by atoms with Gasteiger partial charge in [0.05, 0.1) is 19.6 Å². The molecule has 6 N–H and O–H groups in total. The Morgan fingerprint density at radius 3 is 1.31 bits per heavy atom. The zero-order chi connectivity index (χ0) is 35.2. The van der Waals surface area contributed by atoms with Gasteiger partial charge in [0.25, 0.3) is 0 Å². The summed E-state index contributed by atoms with van der Waals surface area (Å²) in [5.41, 5.74) is 13.0. The van der Waals surface area contributed by atoms with E-state index in [2.05, 4.69) is 0 Å². The molecule has 0 aliphatic carbocycles. The molecule has 0 aliphatic heterocycles. The first-order valence-corrected chi connectivity index (χ1v) is 15.5. The molecule has 5 amide bonds. The number of hydrogen-bond donors (Lipinski definition) is 4. The van der Waals surface area contributed by atoms with Gasteiger partial charge in [0.2, 0.25) is 29.5 Å². The van der Waals surface area contributed by atoms with E-state index in [4.69, 9.17) is 11.5 Å². The number of phenols is 2.